The molecule has 1 aromatic rings. The van der Waals surface area contributed by atoms with Gasteiger partial charge in [-0.25, -0.2) is 0 Å². The summed E-state index contributed by atoms with van der Waals surface area (Å²) in [5.74, 6) is 0.666. The first-order valence-corrected chi connectivity index (χ1v) is 14.9. The summed E-state index contributed by atoms with van der Waals surface area (Å²) < 4.78 is 12.4. The van der Waals surface area contributed by atoms with Crippen molar-refractivity contribution in [3.8, 4) is 5.75 Å². The summed E-state index contributed by atoms with van der Waals surface area (Å²) in [6, 6.07) is 7.85. The van der Waals surface area contributed by atoms with Crippen molar-refractivity contribution in [1.29, 1.82) is 0 Å². The highest BCUT2D eigenvalue weighted by molar-refractivity contribution is 6.75. The first-order valence-electron chi connectivity index (χ1n) is 9.06. The number of carbonyl (C=O) groups excluding carboxylic acids is 1. The maximum Gasteiger partial charge on any atom is 0.297 e. The van der Waals surface area contributed by atoms with Crippen molar-refractivity contribution in [3.05, 3.63) is 29.8 Å². The van der Waals surface area contributed by atoms with Crippen molar-refractivity contribution in [2.45, 2.75) is 84.2 Å². The third-order valence-corrected chi connectivity index (χ3v) is 14.3. The van der Waals surface area contributed by atoms with E-state index in [1.54, 1.807) is 0 Å². The van der Waals surface area contributed by atoms with Crippen LogP contribution in [0, 0.1) is 0 Å². The molecular weight excluding hydrogens is 344 g/mol. The van der Waals surface area contributed by atoms with E-state index in [0.717, 1.165) is 11.3 Å². The van der Waals surface area contributed by atoms with Crippen LogP contribution in [0.25, 0.3) is 0 Å². The fourth-order valence-electron chi connectivity index (χ4n) is 1.81. The number of para-hydroxylation sites is 1. The first kappa shape index (κ1) is 22.0. The predicted octanol–water partition coefficient (Wildman–Crippen LogP) is 6.16. The molecule has 0 aliphatic heterocycles. The van der Waals surface area contributed by atoms with E-state index in [-0.39, 0.29) is 22.5 Å². The fraction of sp³-hybridized carbons (Fsp3) is 0.650. The van der Waals surface area contributed by atoms with Gasteiger partial charge in [-0.1, -0.05) is 59.7 Å². The largest absolute Gasteiger partial charge is 0.543 e. The number of rotatable bonds is 5. The van der Waals surface area contributed by atoms with Crippen molar-refractivity contribution >= 4 is 22.6 Å². The lowest BCUT2D eigenvalue weighted by Gasteiger charge is -2.37. The summed E-state index contributed by atoms with van der Waals surface area (Å²) in [5, 5.41) is 0.127. The Kier molecular flexibility index (Phi) is 6.39. The molecule has 1 aromatic carbocycles. The Morgan fingerprint density at radius 1 is 0.880 bits per heavy atom. The zero-order valence-corrected chi connectivity index (χ0v) is 19.7. The van der Waals surface area contributed by atoms with Gasteiger partial charge in [0, 0.05) is 5.56 Å². The van der Waals surface area contributed by atoms with E-state index in [2.05, 4.69) is 67.7 Å². The zero-order valence-electron chi connectivity index (χ0n) is 17.7. The van der Waals surface area contributed by atoms with Crippen molar-refractivity contribution in [2.75, 3.05) is 0 Å². The minimum Gasteiger partial charge on any atom is -0.543 e. The van der Waals surface area contributed by atoms with Crippen LogP contribution in [0.5, 0.6) is 5.75 Å². The lowest BCUT2D eigenvalue weighted by atomic mass is 10.1. The van der Waals surface area contributed by atoms with Crippen molar-refractivity contribution in [1.82, 2.24) is 0 Å². The summed E-state index contributed by atoms with van der Waals surface area (Å²) in [6.07, 6.45) is 0.261. The van der Waals surface area contributed by atoms with Crippen LogP contribution >= 0.6 is 0 Å². The number of hydrogen-bond donors (Lipinski definition) is 0. The molecule has 0 saturated carbocycles. The lowest BCUT2D eigenvalue weighted by Crippen LogP contribution is -2.44. The molecule has 0 radical (unpaired) electrons. The van der Waals surface area contributed by atoms with Gasteiger partial charge in [0.05, 0.1) is 6.42 Å². The molecule has 0 spiro atoms. The van der Waals surface area contributed by atoms with Crippen LogP contribution < -0.4 is 4.43 Å². The summed E-state index contributed by atoms with van der Waals surface area (Å²) in [5.41, 5.74) is 0.913. The van der Waals surface area contributed by atoms with Gasteiger partial charge in [-0.2, -0.15) is 0 Å². The van der Waals surface area contributed by atoms with E-state index in [4.69, 9.17) is 8.85 Å². The molecule has 0 aliphatic carbocycles. The fourth-order valence-corrected chi connectivity index (χ4v) is 3.81. The minimum absolute atomic E-state index is 0.0137. The Hall–Kier alpha value is -1.08. The van der Waals surface area contributed by atoms with Gasteiger partial charge < -0.3 is 8.85 Å². The Labute approximate surface area is 156 Å². The lowest BCUT2D eigenvalue weighted by molar-refractivity contribution is -0.134. The summed E-state index contributed by atoms with van der Waals surface area (Å²) in [6.45, 7) is 21.7. The standard InChI is InChI=1S/C20H36O3Si2/c1-19(2,3)24(7,8)22-17-14-12-11-13-16(17)15-18(21)23-25(9,10)20(4,5)6/h11-14H,15H2,1-10H3. The van der Waals surface area contributed by atoms with Gasteiger partial charge in [0.15, 0.2) is 0 Å². The van der Waals surface area contributed by atoms with Crippen LogP contribution in [0.15, 0.2) is 24.3 Å². The van der Waals surface area contributed by atoms with Crippen LogP contribution in [0.2, 0.25) is 36.3 Å². The van der Waals surface area contributed by atoms with Gasteiger partial charge >= 0.3 is 0 Å². The van der Waals surface area contributed by atoms with Crippen LogP contribution in [0.4, 0.5) is 0 Å². The second-order valence-electron chi connectivity index (χ2n) is 9.88. The molecule has 0 aromatic heterocycles. The molecule has 0 heterocycles. The molecule has 0 unspecified atom stereocenters. The molecule has 0 atom stereocenters. The minimum atomic E-state index is -2.10. The molecule has 0 fully saturated rings. The summed E-state index contributed by atoms with van der Waals surface area (Å²) in [4.78, 5) is 12.6. The Morgan fingerprint density at radius 3 is 1.84 bits per heavy atom. The highest BCUT2D eigenvalue weighted by Crippen LogP contribution is 2.39. The van der Waals surface area contributed by atoms with Crippen LogP contribution in [-0.2, 0) is 15.6 Å². The molecule has 0 N–H and O–H groups in total. The Morgan fingerprint density at radius 2 is 1.36 bits per heavy atom. The zero-order chi connectivity index (χ0) is 19.7. The van der Waals surface area contributed by atoms with Gasteiger partial charge in [-0.15, -0.1) is 0 Å². The number of carbonyl (C=O) groups is 1. The molecule has 1 rings (SSSR count). The van der Waals surface area contributed by atoms with E-state index in [1.807, 2.05) is 24.3 Å². The van der Waals surface area contributed by atoms with E-state index in [0.29, 0.717) is 0 Å². The normalized spacial score (nSPS) is 13.5. The van der Waals surface area contributed by atoms with Crippen LogP contribution in [0.1, 0.15) is 47.1 Å². The van der Waals surface area contributed by atoms with E-state index in [9.17, 15) is 4.79 Å². The number of benzene rings is 1. The third kappa shape index (κ3) is 5.71. The topological polar surface area (TPSA) is 35.5 Å². The second-order valence-corrected chi connectivity index (χ2v) is 19.3. The quantitative estimate of drug-likeness (QED) is 0.574. The second kappa shape index (κ2) is 7.27. The highest BCUT2D eigenvalue weighted by atomic mass is 28.4. The smallest absolute Gasteiger partial charge is 0.297 e. The van der Waals surface area contributed by atoms with E-state index in [1.165, 1.54) is 0 Å². The predicted molar refractivity (Wildman–Crippen MR) is 111 cm³/mol. The average molecular weight is 381 g/mol. The van der Waals surface area contributed by atoms with E-state index >= 15 is 0 Å². The molecule has 0 saturated heterocycles. The first-order chi connectivity index (χ1) is 11.1. The molecule has 0 aliphatic rings. The average Bonchev–Trinajstić information content (AvgIpc) is 2.37. The summed E-state index contributed by atoms with van der Waals surface area (Å²) in [7, 11) is -4.05. The van der Waals surface area contributed by atoms with Crippen LogP contribution in [-0.4, -0.2) is 22.6 Å². The monoisotopic (exact) mass is 380 g/mol. The van der Waals surface area contributed by atoms with Crippen LogP contribution in [0.3, 0.4) is 0 Å². The Balaban J connectivity index is 2.97. The maximum atomic E-state index is 12.6. The van der Waals surface area contributed by atoms with Gasteiger partial charge in [-0.05, 0) is 42.3 Å². The number of hydrogen-bond acceptors (Lipinski definition) is 3. The molecule has 25 heavy (non-hydrogen) atoms. The maximum absolute atomic E-state index is 12.6. The van der Waals surface area contributed by atoms with Gasteiger partial charge in [0.2, 0.25) is 8.32 Å². The SMILES string of the molecule is CC(C)(C)[Si](C)(C)OC(=O)Cc1ccccc1O[Si](C)(C)C(C)(C)C. The molecule has 142 valence electrons. The van der Waals surface area contributed by atoms with Crippen molar-refractivity contribution in [2.24, 2.45) is 0 Å². The van der Waals surface area contributed by atoms with Crippen molar-refractivity contribution < 1.29 is 13.6 Å². The molecule has 5 heteroatoms. The van der Waals surface area contributed by atoms with Crippen molar-refractivity contribution in [3.63, 3.8) is 0 Å². The molecule has 0 bridgehead atoms. The van der Waals surface area contributed by atoms with Gasteiger partial charge in [0.1, 0.15) is 5.75 Å². The third-order valence-electron chi connectivity index (χ3n) is 5.65. The molecule has 3 nitrogen and oxygen atoms in total. The Bertz CT molecular complexity index is 608. The van der Waals surface area contributed by atoms with Gasteiger partial charge in [0.25, 0.3) is 14.3 Å². The molecular formula is C20H36O3Si2. The van der Waals surface area contributed by atoms with E-state index < -0.39 is 16.6 Å². The summed E-state index contributed by atoms with van der Waals surface area (Å²) >= 11 is 0. The molecule has 0 amide bonds. The highest BCUT2D eigenvalue weighted by Gasteiger charge is 2.41. The van der Waals surface area contributed by atoms with Gasteiger partial charge in [-0.3, -0.25) is 4.79 Å².